The number of nitrogen functional groups attached to an aromatic ring is 1. The second kappa shape index (κ2) is 5.72. The average Bonchev–Trinajstić information content (AvgIpc) is 2.91. The molecular weight excluding hydrogens is 315 g/mol. The summed E-state index contributed by atoms with van der Waals surface area (Å²) in [6.45, 7) is 0.0344. The number of ether oxygens (including phenoxy) is 2. The summed E-state index contributed by atoms with van der Waals surface area (Å²) in [4.78, 5) is 4.04. The quantitative estimate of drug-likeness (QED) is 0.685. The second-order valence-corrected chi connectivity index (χ2v) is 4.63. The Labute approximate surface area is 128 Å². The van der Waals surface area contributed by atoms with E-state index < -0.39 is 6.36 Å². The van der Waals surface area contributed by atoms with Gasteiger partial charge in [0.15, 0.2) is 11.6 Å². The summed E-state index contributed by atoms with van der Waals surface area (Å²) in [6.07, 6.45) is -4.74. The van der Waals surface area contributed by atoms with Gasteiger partial charge in [0.1, 0.15) is 23.9 Å². The van der Waals surface area contributed by atoms with Gasteiger partial charge in [-0.05, 0) is 17.7 Å². The summed E-state index contributed by atoms with van der Waals surface area (Å²) < 4.78 is 46.1. The van der Waals surface area contributed by atoms with Crippen LogP contribution in [0.2, 0.25) is 0 Å². The highest BCUT2D eigenvalue weighted by molar-refractivity contribution is 5.76. The van der Waals surface area contributed by atoms with Gasteiger partial charge in [0, 0.05) is 6.07 Å². The van der Waals surface area contributed by atoms with Crippen molar-refractivity contribution in [2.45, 2.75) is 13.0 Å². The van der Waals surface area contributed by atoms with Crippen LogP contribution in [0.4, 0.5) is 30.5 Å². The number of nitrogens with two attached hydrogens (primary N) is 1. The minimum Gasteiger partial charge on any atom is -0.486 e. The van der Waals surface area contributed by atoms with Gasteiger partial charge in [-0.25, -0.2) is 4.98 Å². The number of benzene rings is 1. The molecule has 1 aliphatic rings. The van der Waals surface area contributed by atoms with Gasteiger partial charge >= 0.3 is 6.36 Å². The molecule has 0 radical (unpaired) electrons. The summed E-state index contributed by atoms with van der Waals surface area (Å²) in [6, 6.07) is 7.05. The highest BCUT2D eigenvalue weighted by Crippen LogP contribution is 2.35. The van der Waals surface area contributed by atoms with Crippen LogP contribution >= 0.6 is 0 Å². The lowest BCUT2D eigenvalue weighted by molar-refractivity contribution is -0.274. The predicted molar refractivity (Wildman–Crippen MR) is 76.5 cm³/mol. The minimum absolute atomic E-state index is 0.0344. The predicted octanol–water partition coefficient (Wildman–Crippen LogP) is 2.40. The molecule has 0 bridgehead atoms. The smallest absolute Gasteiger partial charge is 0.486 e. The molecule has 10 heteroatoms. The number of anilines is 3. The molecule has 0 saturated carbocycles. The Morgan fingerprint density at radius 2 is 2.00 bits per heavy atom. The molecule has 0 spiro atoms. The molecule has 5 N–H and O–H groups in total. The van der Waals surface area contributed by atoms with E-state index in [1.54, 1.807) is 6.07 Å². The number of rotatable bonds is 4. The number of nitrogens with zero attached hydrogens (tertiary/aromatic N) is 1. The first-order valence-electron chi connectivity index (χ1n) is 6.46. The van der Waals surface area contributed by atoms with Crippen molar-refractivity contribution in [3.05, 3.63) is 35.9 Å². The first-order chi connectivity index (χ1) is 10.9. The molecule has 0 fully saturated rings. The molecule has 7 nitrogen and oxygen atoms in total. The normalized spacial score (nSPS) is 13.0. The Bertz CT molecular complexity index is 723. The van der Waals surface area contributed by atoms with E-state index in [1.165, 1.54) is 24.3 Å². The maximum Gasteiger partial charge on any atom is 0.573 e. The third-order valence-electron chi connectivity index (χ3n) is 2.90. The molecule has 1 aromatic carbocycles. The van der Waals surface area contributed by atoms with Crippen molar-refractivity contribution < 1.29 is 22.6 Å². The SMILES string of the molecule is Nc1cc(OCc2cccc(OC(F)(F)F)c2)c2c(n1)NNN2. The Kier molecular flexibility index (Phi) is 3.74. The molecule has 1 aliphatic heterocycles. The van der Waals surface area contributed by atoms with Gasteiger partial charge in [-0.3, -0.25) is 10.9 Å². The molecular formula is C13H12F3N5O2. The molecule has 0 aliphatic carbocycles. The lowest BCUT2D eigenvalue weighted by Gasteiger charge is -2.12. The maximum atomic E-state index is 12.2. The number of halogens is 3. The van der Waals surface area contributed by atoms with E-state index in [0.717, 1.165) is 0 Å². The van der Waals surface area contributed by atoms with Crippen LogP contribution in [0.3, 0.4) is 0 Å². The van der Waals surface area contributed by atoms with Gasteiger partial charge in [0.05, 0.1) is 0 Å². The number of hydrogen-bond acceptors (Lipinski definition) is 7. The summed E-state index contributed by atoms with van der Waals surface area (Å²) in [5.74, 6) is 0.812. The van der Waals surface area contributed by atoms with Gasteiger partial charge < -0.3 is 15.2 Å². The zero-order valence-corrected chi connectivity index (χ0v) is 11.6. The van der Waals surface area contributed by atoms with Crippen molar-refractivity contribution in [3.63, 3.8) is 0 Å². The van der Waals surface area contributed by atoms with Crippen LogP contribution in [-0.4, -0.2) is 11.3 Å². The molecule has 0 amide bonds. The molecule has 3 rings (SSSR count). The van der Waals surface area contributed by atoms with Crippen LogP contribution < -0.4 is 31.6 Å². The molecule has 0 atom stereocenters. The zero-order valence-electron chi connectivity index (χ0n) is 11.6. The average molecular weight is 327 g/mol. The first-order valence-corrected chi connectivity index (χ1v) is 6.46. The lowest BCUT2D eigenvalue weighted by Crippen LogP contribution is -2.19. The zero-order chi connectivity index (χ0) is 16.4. The topological polar surface area (TPSA) is 93.5 Å². The summed E-state index contributed by atoms with van der Waals surface area (Å²) in [5, 5.41) is 0. The molecule has 0 unspecified atom stereocenters. The van der Waals surface area contributed by atoms with Crippen molar-refractivity contribution >= 4 is 17.3 Å². The number of nitrogens with one attached hydrogen (secondary N) is 3. The number of aromatic nitrogens is 1. The minimum atomic E-state index is -4.74. The van der Waals surface area contributed by atoms with E-state index in [0.29, 0.717) is 22.8 Å². The molecule has 1 aromatic heterocycles. The van der Waals surface area contributed by atoms with Crippen molar-refractivity contribution in [2.75, 3.05) is 16.6 Å². The molecule has 0 saturated heterocycles. The molecule has 2 aromatic rings. The van der Waals surface area contributed by atoms with Crippen molar-refractivity contribution in [1.82, 2.24) is 10.5 Å². The fourth-order valence-electron chi connectivity index (χ4n) is 2.01. The van der Waals surface area contributed by atoms with Crippen LogP contribution in [0, 0.1) is 0 Å². The number of hydrazine groups is 2. The fourth-order valence-corrected chi connectivity index (χ4v) is 2.01. The summed E-state index contributed by atoms with van der Waals surface area (Å²) in [7, 11) is 0. The first kappa shape index (κ1) is 15.0. The van der Waals surface area contributed by atoms with E-state index in [-0.39, 0.29) is 18.2 Å². The van der Waals surface area contributed by atoms with Gasteiger partial charge in [0.25, 0.3) is 0 Å². The Morgan fingerprint density at radius 3 is 2.78 bits per heavy atom. The summed E-state index contributed by atoms with van der Waals surface area (Å²) >= 11 is 0. The van der Waals surface area contributed by atoms with Gasteiger partial charge in [-0.15, -0.1) is 18.7 Å². The maximum absolute atomic E-state index is 12.2. The monoisotopic (exact) mass is 327 g/mol. The lowest BCUT2D eigenvalue weighted by atomic mass is 10.2. The van der Waals surface area contributed by atoms with Gasteiger partial charge in [-0.2, -0.15) is 0 Å². The van der Waals surface area contributed by atoms with Crippen LogP contribution in [0.15, 0.2) is 30.3 Å². The Balaban J connectivity index is 1.73. The number of alkyl halides is 3. The van der Waals surface area contributed by atoms with Gasteiger partial charge in [-0.1, -0.05) is 12.1 Å². The van der Waals surface area contributed by atoms with Crippen molar-refractivity contribution in [1.29, 1.82) is 0 Å². The number of hydrogen-bond donors (Lipinski definition) is 4. The van der Waals surface area contributed by atoms with E-state index in [9.17, 15) is 13.2 Å². The molecule has 122 valence electrons. The Morgan fingerprint density at radius 1 is 1.17 bits per heavy atom. The van der Waals surface area contributed by atoms with E-state index in [4.69, 9.17) is 10.5 Å². The van der Waals surface area contributed by atoms with Crippen molar-refractivity contribution in [3.8, 4) is 11.5 Å². The van der Waals surface area contributed by atoms with Crippen LogP contribution in [0.5, 0.6) is 11.5 Å². The van der Waals surface area contributed by atoms with Crippen LogP contribution in [0.25, 0.3) is 0 Å². The number of pyridine rings is 1. The third-order valence-corrected chi connectivity index (χ3v) is 2.90. The van der Waals surface area contributed by atoms with E-state index >= 15 is 0 Å². The highest BCUT2D eigenvalue weighted by Gasteiger charge is 2.31. The van der Waals surface area contributed by atoms with E-state index in [1.807, 2.05) is 0 Å². The van der Waals surface area contributed by atoms with Crippen molar-refractivity contribution in [2.24, 2.45) is 0 Å². The number of fused-ring (bicyclic) bond motifs is 1. The molecule has 23 heavy (non-hydrogen) atoms. The fraction of sp³-hybridized carbons (Fsp3) is 0.154. The molecule has 2 heterocycles. The second-order valence-electron chi connectivity index (χ2n) is 4.63. The van der Waals surface area contributed by atoms with Crippen LogP contribution in [-0.2, 0) is 6.61 Å². The van der Waals surface area contributed by atoms with Gasteiger partial charge in [0.2, 0.25) is 0 Å². The highest BCUT2D eigenvalue weighted by atomic mass is 19.4. The largest absolute Gasteiger partial charge is 0.573 e. The van der Waals surface area contributed by atoms with Crippen LogP contribution in [0.1, 0.15) is 5.56 Å². The summed E-state index contributed by atoms with van der Waals surface area (Å²) in [5.41, 5.74) is 14.9. The van der Waals surface area contributed by atoms with E-state index in [2.05, 4.69) is 26.1 Å². The standard InChI is InChI=1S/C13H12F3N5O2/c14-13(15,16)23-8-3-1-2-7(4-8)6-22-9-5-10(17)18-12-11(9)19-21-20-12/h1-5,19,21H,6H2,(H3,17,18,20). The Hall–Kier alpha value is -2.88. The third kappa shape index (κ3) is 3.66.